The number of ether oxygens (including phenoxy) is 1. The van der Waals surface area contributed by atoms with E-state index in [1.165, 1.54) is 0 Å². The normalized spacial score (nSPS) is 10.1. The quantitative estimate of drug-likeness (QED) is 0.851. The van der Waals surface area contributed by atoms with Crippen LogP contribution in [0.5, 0.6) is 11.6 Å². The molecule has 0 fully saturated rings. The molecular formula is C13H13NO2. The summed E-state index contributed by atoms with van der Waals surface area (Å²) in [7, 11) is 0. The number of para-hydroxylation sites is 1. The summed E-state index contributed by atoms with van der Waals surface area (Å²) >= 11 is 0. The summed E-state index contributed by atoms with van der Waals surface area (Å²) in [5, 5.41) is 8.84. The maximum atomic E-state index is 8.84. The van der Waals surface area contributed by atoms with E-state index < -0.39 is 0 Å². The minimum Gasteiger partial charge on any atom is -0.439 e. The van der Waals surface area contributed by atoms with Gasteiger partial charge in [-0.05, 0) is 30.2 Å². The average Bonchev–Trinajstić information content (AvgIpc) is 2.31. The SMILES string of the molecule is OCCc1ccnc(Oc2ccccc2)c1. The Hall–Kier alpha value is -1.87. The summed E-state index contributed by atoms with van der Waals surface area (Å²) in [5.74, 6) is 1.31. The molecule has 0 saturated heterocycles. The summed E-state index contributed by atoms with van der Waals surface area (Å²) < 4.78 is 5.57. The molecule has 0 spiro atoms. The van der Waals surface area contributed by atoms with Crippen LogP contribution < -0.4 is 4.74 Å². The lowest BCUT2D eigenvalue weighted by molar-refractivity contribution is 0.299. The van der Waals surface area contributed by atoms with Crippen LogP contribution in [-0.4, -0.2) is 16.7 Å². The standard InChI is InChI=1S/C13H13NO2/c15-9-7-11-6-8-14-13(10-11)16-12-4-2-1-3-5-12/h1-6,8,10,15H,7,9H2. The molecule has 3 heteroatoms. The minimum absolute atomic E-state index is 0.134. The molecule has 0 atom stereocenters. The van der Waals surface area contributed by atoms with Gasteiger partial charge < -0.3 is 9.84 Å². The van der Waals surface area contributed by atoms with Crippen LogP contribution in [0, 0.1) is 0 Å². The number of benzene rings is 1. The lowest BCUT2D eigenvalue weighted by Gasteiger charge is -2.05. The Labute approximate surface area is 94.3 Å². The zero-order valence-electron chi connectivity index (χ0n) is 8.84. The van der Waals surface area contributed by atoms with Crippen molar-refractivity contribution in [2.75, 3.05) is 6.61 Å². The molecule has 82 valence electrons. The van der Waals surface area contributed by atoms with Crippen LogP contribution in [0.3, 0.4) is 0 Å². The summed E-state index contributed by atoms with van der Waals surface area (Å²) in [6, 6.07) is 13.2. The van der Waals surface area contributed by atoms with E-state index in [1.807, 2.05) is 42.5 Å². The first-order valence-corrected chi connectivity index (χ1v) is 5.17. The van der Waals surface area contributed by atoms with Crippen LogP contribution in [-0.2, 0) is 6.42 Å². The van der Waals surface area contributed by atoms with E-state index in [0.717, 1.165) is 11.3 Å². The Morgan fingerprint density at radius 3 is 2.69 bits per heavy atom. The fourth-order valence-electron chi connectivity index (χ4n) is 1.40. The Balaban J connectivity index is 2.12. The Morgan fingerprint density at radius 1 is 1.12 bits per heavy atom. The van der Waals surface area contributed by atoms with Crippen LogP contribution in [0.1, 0.15) is 5.56 Å². The number of hydrogen-bond acceptors (Lipinski definition) is 3. The zero-order valence-corrected chi connectivity index (χ0v) is 8.84. The van der Waals surface area contributed by atoms with Crippen LogP contribution in [0.4, 0.5) is 0 Å². The van der Waals surface area contributed by atoms with Crippen molar-refractivity contribution in [3.8, 4) is 11.6 Å². The third-order valence-corrected chi connectivity index (χ3v) is 2.17. The molecule has 0 radical (unpaired) electrons. The first-order valence-electron chi connectivity index (χ1n) is 5.17. The van der Waals surface area contributed by atoms with Gasteiger partial charge in [-0.15, -0.1) is 0 Å². The first-order chi connectivity index (χ1) is 7.88. The predicted octanol–water partition coefficient (Wildman–Crippen LogP) is 2.41. The predicted molar refractivity (Wildman–Crippen MR) is 61.5 cm³/mol. The van der Waals surface area contributed by atoms with Gasteiger partial charge in [0.15, 0.2) is 0 Å². The molecule has 0 saturated carbocycles. The largest absolute Gasteiger partial charge is 0.439 e. The third-order valence-electron chi connectivity index (χ3n) is 2.17. The van der Waals surface area contributed by atoms with E-state index in [2.05, 4.69) is 4.98 Å². The van der Waals surface area contributed by atoms with Crippen molar-refractivity contribution in [2.24, 2.45) is 0 Å². The third kappa shape index (κ3) is 2.81. The molecule has 0 aliphatic carbocycles. The molecule has 0 aliphatic rings. The van der Waals surface area contributed by atoms with Crippen molar-refractivity contribution in [3.63, 3.8) is 0 Å². The van der Waals surface area contributed by atoms with Gasteiger partial charge in [-0.1, -0.05) is 18.2 Å². The van der Waals surface area contributed by atoms with Gasteiger partial charge in [0.05, 0.1) is 0 Å². The van der Waals surface area contributed by atoms with Crippen LogP contribution in [0.2, 0.25) is 0 Å². The van der Waals surface area contributed by atoms with Crippen molar-refractivity contribution in [1.82, 2.24) is 4.98 Å². The van der Waals surface area contributed by atoms with Crippen molar-refractivity contribution in [2.45, 2.75) is 6.42 Å². The number of rotatable bonds is 4. The molecular weight excluding hydrogens is 202 g/mol. The van der Waals surface area contributed by atoms with Crippen LogP contribution in [0.15, 0.2) is 48.7 Å². The Bertz CT molecular complexity index is 443. The summed E-state index contributed by atoms with van der Waals surface area (Å²) in [4.78, 5) is 4.11. The number of hydrogen-bond donors (Lipinski definition) is 1. The van der Waals surface area contributed by atoms with Gasteiger partial charge in [0.25, 0.3) is 0 Å². The second-order valence-electron chi connectivity index (χ2n) is 3.39. The molecule has 3 nitrogen and oxygen atoms in total. The second kappa shape index (κ2) is 5.28. The first kappa shape index (κ1) is 10.6. The highest BCUT2D eigenvalue weighted by molar-refractivity contribution is 5.28. The van der Waals surface area contributed by atoms with Gasteiger partial charge in [0.2, 0.25) is 5.88 Å². The highest BCUT2D eigenvalue weighted by Gasteiger charge is 1.99. The van der Waals surface area contributed by atoms with Gasteiger partial charge in [0.1, 0.15) is 5.75 Å². The maximum absolute atomic E-state index is 8.84. The summed E-state index contributed by atoms with van der Waals surface area (Å²) in [5.41, 5.74) is 1.02. The van der Waals surface area contributed by atoms with Crippen molar-refractivity contribution in [1.29, 1.82) is 0 Å². The summed E-state index contributed by atoms with van der Waals surface area (Å²) in [6.07, 6.45) is 2.30. The average molecular weight is 215 g/mol. The number of aromatic nitrogens is 1. The van der Waals surface area contributed by atoms with E-state index in [9.17, 15) is 0 Å². The number of aliphatic hydroxyl groups excluding tert-OH is 1. The van der Waals surface area contributed by atoms with E-state index >= 15 is 0 Å². The molecule has 1 heterocycles. The molecule has 0 amide bonds. The molecule has 1 aromatic heterocycles. The molecule has 2 aromatic rings. The molecule has 0 unspecified atom stereocenters. The fraction of sp³-hybridized carbons (Fsp3) is 0.154. The van der Waals surface area contributed by atoms with Crippen molar-refractivity contribution < 1.29 is 9.84 Å². The number of nitrogens with zero attached hydrogens (tertiary/aromatic N) is 1. The Morgan fingerprint density at radius 2 is 1.94 bits per heavy atom. The molecule has 1 N–H and O–H groups in total. The zero-order chi connectivity index (χ0) is 11.2. The molecule has 2 rings (SSSR count). The van der Waals surface area contributed by atoms with Gasteiger partial charge in [-0.25, -0.2) is 4.98 Å². The molecule has 16 heavy (non-hydrogen) atoms. The fourth-order valence-corrected chi connectivity index (χ4v) is 1.40. The van der Waals surface area contributed by atoms with Gasteiger partial charge in [-0.2, -0.15) is 0 Å². The highest BCUT2D eigenvalue weighted by Crippen LogP contribution is 2.19. The Kier molecular flexibility index (Phi) is 3.51. The van der Waals surface area contributed by atoms with E-state index in [-0.39, 0.29) is 6.61 Å². The van der Waals surface area contributed by atoms with Crippen LogP contribution >= 0.6 is 0 Å². The molecule has 0 bridgehead atoms. The number of pyridine rings is 1. The van der Waals surface area contributed by atoms with E-state index in [0.29, 0.717) is 12.3 Å². The second-order valence-corrected chi connectivity index (χ2v) is 3.39. The van der Waals surface area contributed by atoms with Gasteiger partial charge in [0, 0.05) is 18.9 Å². The van der Waals surface area contributed by atoms with E-state index in [4.69, 9.17) is 9.84 Å². The minimum atomic E-state index is 0.134. The maximum Gasteiger partial charge on any atom is 0.219 e. The van der Waals surface area contributed by atoms with Gasteiger partial charge >= 0.3 is 0 Å². The molecule has 1 aromatic carbocycles. The lowest BCUT2D eigenvalue weighted by atomic mass is 10.2. The van der Waals surface area contributed by atoms with Crippen LogP contribution in [0.25, 0.3) is 0 Å². The molecule has 0 aliphatic heterocycles. The smallest absolute Gasteiger partial charge is 0.219 e. The highest BCUT2D eigenvalue weighted by atomic mass is 16.5. The monoisotopic (exact) mass is 215 g/mol. The lowest BCUT2D eigenvalue weighted by Crippen LogP contribution is -1.93. The summed E-state index contributed by atoms with van der Waals surface area (Å²) in [6.45, 7) is 0.134. The van der Waals surface area contributed by atoms with Crippen molar-refractivity contribution >= 4 is 0 Å². The topological polar surface area (TPSA) is 42.4 Å². The van der Waals surface area contributed by atoms with Crippen molar-refractivity contribution in [3.05, 3.63) is 54.2 Å². The number of aliphatic hydroxyl groups is 1. The van der Waals surface area contributed by atoms with Gasteiger partial charge in [-0.3, -0.25) is 0 Å². The van der Waals surface area contributed by atoms with E-state index in [1.54, 1.807) is 6.20 Å².